The van der Waals surface area contributed by atoms with Gasteiger partial charge in [-0.3, -0.25) is 14.4 Å². The van der Waals surface area contributed by atoms with E-state index in [4.69, 9.17) is 23.4 Å². The van der Waals surface area contributed by atoms with Crippen molar-refractivity contribution in [1.29, 1.82) is 0 Å². The van der Waals surface area contributed by atoms with Gasteiger partial charge in [0, 0.05) is 40.2 Å². The van der Waals surface area contributed by atoms with E-state index < -0.39 is 64.3 Å². The summed E-state index contributed by atoms with van der Waals surface area (Å²) >= 11 is 0. The van der Waals surface area contributed by atoms with Crippen molar-refractivity contribution in [3.63, 3.8) is 0 Å². The van der Waals surface area contributed by atoms with Crippen molar-refractivity contribution in [1.82, 2.24) is 0 Å². The second-order valence-electron chi connectivity index (χ2n) is 14.4. The molecule has 2 heterocycles. The first-order valence-electron chi connectivity index (χ1n) is 15.6. The molecule has 0 N–H and O–H groups in total. The Morgan fingerprint density at radius 1 is 1.02 bits per heavy atom. The van der Waals surface area contributed by atoms with Crippen LogP contribution in [0.2, 0.25) is 0 Å². The molecular weight excluding hydrogens is 580 g/mol. The summed E-state index contributed by atoms with van der Waals surface area (Å²) in [5.41, 5.74) is 0.0757. The number of esters is 4. The Kier molecular flexibility index (Phi) is 8.20. The molecule has 3 aliphatic carbocycles. The number of hydrogen-bond acceptors (Lipinski definition) is 10. The molecule has 3 fully saturated rings. The van der Waals surface area contributed by atoms with Gasteiger partial charge in [0.25, 0.3) is 0 Å². The standard InChI is InChI=1S/C35H44O10/c1-17(2)18(3)31(39)45-30-22-14-21-23(10-12-34(7)24(21)15-25(37)44-29(34)20-11-13-42-16-20)35(8,28(22)38)27(33(30,5)6)26(32(40)41-9)43-19(4)36/h11,13-14,16,22-24,26-27,29-30H,10,12,15H2,1-9H3. The Balaban J connectivity index is 1.72. The molecule has 4 aliphatic rings. The number of carbonyl (C=O) groups is 5. The summed E-state index contributed by atoms with van der Waals surface area (Å²) in [6.07, 6.45) is 3.36. The molecule has 2 bridgehead atoms. The van der Waals surface area contributed by atoms with Crippen LogP contribution in [0.5, 0.6) is 0 Å². The first-order chi connectivity index (χ1) is 21.0. The predicted molar refractivity (Wildman–Crippen MR) is 160 cm³/mol. The SMILES string of the molecule is COC(=O)C(OC(C)=O)C1C(C)(C)C(OC(=O)C(C)=C(C)C)C2C=C3C4CC(=O)OC(c5ccoc5)C4(C)CCC3C1(C)C2=O. The molecule has 0 aromatic carbocycles. The lowest BCUT2D eigenvalue weighted by Gasteiger charge is -2.64. The molecule has 1 aromatic rings. The van der Waals surface area contributed by atoms with Crippen LogP contribution in [0.4, 0.5) is 0 Å². The number of allylic oxidation sites excluding steroid dienone is 2. The van der Waals surface area contributed by atoms with Gasteiger partial charge in [0.15, 0.2) is 0 Å². The van der Waals surface area contributed by atoms with Gasteiger partial charge in [-0.05, 0) is 51.5 Å². The van der Waals surface area contributed by atoms with E-state index >= 15 is 0 Å². The number of hydrogen-bond donors (Lipinski definition) is 0. The highest BCUT2D eigenvalue weighted by Gasteiger charge is 2.71. The highest BCUT2D eigenvalue weighted by molar-refractivity contribution is 5.95. The molecule has 1 aliphatic heterocycles. The summed E-state index contributed by atoms with van der Waals surface area (Å²) in [5.74, 6) is -5.06. The molecule has 244 valence electrons. The second-order valence-corrected chi connectivity index (χ2v) is 14.4. The molecule has 9 atom stereocenters. The molecule has 1 saturated heterocycles. The average Bonchev–Trinajstić information content (AvgIpc) is 3.50. The van der Waals surface area contributed by atoms with Crippen LogP contribution in [-0.4, -0.2) is 49.0 Å². The maximum atomic E-state index is 14.8. The van der Waals surface area contributed by atoms with E-state index in [1.54, 1.807) is 39.4 Å². The third kappa shape index (κ3) is 4.95. The molecule has 0 spiro atoms. The maximum Gasteiger partial charge on any atom is 0.347 e. The zero-order valence-electron chi connectivity index (χ0n) is 27.6. The van der Waals surface area contributed by atoms with Crippen molar-refractivity contribution in [2.45, 2.75) is 93.0 Å². The number of cyclic esters (lactones) is 1. The smallest absolute Gasteiger partial charge is 0.347 e. The summed E-state index contributed by atoms with van der Waals surface area (Å²) in [5, 5.41) is 0. The van der Waals surface area contributed by atoms with Gasteiger partial charge in [-0.2, -0.15) is 0 Å². The quantitative estimate of drug-likeness (QED) is 0.174. The first kappa shape index (κ1) is 32.7. The number of Topliss-reactive ketones (excluding diaryl/α,β-unsaturated/α-hetero) is 1. The minimum absolute atomic E-state index is 0.115. The fourth-order valence-corrected chi connectivity index (χ4v) is 9.02. The lowest BCUT2D eigenvalue weighted by atomic mass is 9.40. The number of furan rings is 1. The van der Waals surface area contributed by atoms with Crippen molar-refractivity contribution in [3.8, 4) is 0 Å². The van der Waals surface area contributed by atoms with E-state index in [0.29, 0.717) is 18.4 Å². The monoisotopic (exact) mass is 624 g/mol. The molecule has 45 heavy (non-hydrogen) atoms. The number of rotatable bonds is 6. The molecule has 2 saturated carbocycles. The molecular formula is C35H44O10. The van der Waals surface area contributed by atoms with Crippen molar-refractivity contribution >= 4 is 29.7 Å². The third-order valence-electron chi connectivity index (χ3n) is 11.4. The molecule has 0 amide bonds. The van der Waals surface area contributed by atoms with Gasteiger partial charge in [0.2, 0.25) is 6.10 Å². The Morgan fingerprint density at radius 2 is 1.71 bits per heavy atom. The number of methoxy groups -OCH3 is 1. The van der Waals surface area contributed by atoms with Crippen LogP contribution in [-0.2, 0) is 42.9 Å². The van der Waals surface area contributed by atoms with Crippen LogP contribution in [0.3, 0.4) is 0 Å². The second kappa shape index (κ2) is 11.3. The Morgan fingerprint density at radius 3 is 2.29 bits per heavy atom. The van der Waals surface area contributed by atoms with Crippen LogP contribution >= 0.6 is 0 Å². The number of carbonyl (C=O) groups excluding carboxylic acids is 5. The predicted octanol–water partition coefficient (Wildman–Crippen LogP) is 5.46. The zero-order valence-corrected chi connectivity index (χ0v) is 27.6. The number of ether oxygens (including phenoxy) is 4. The maximum absolute atomic E-state index is 14.8. The largest absolute Gasteiger partial charge is 0.472 e. The Bertz CT molecular complexity index is 1480. The van der Waals surface area contributed by atoms with Crippen LogP contribution < -0.4 is 0 Å². The van der Waals surface area contributed by atoms with Gasteiger partial charge < -0.3 is 23.4 Å². The minimum Gasteiger partial charge on any atom is -0.472 e. The van der Waals surface area contributed by atoms with Crippen LogP contribution in [0.25, 0.3) is 0 Å². The van der Waals surface area contributed by atoms with Gasteiger partial charge in [-0.25, -0.2) is 9.59 Å². The van der Waals surface area contributed by atoms with E-state index in [2.05, 4.69) is 6.92 Å². The highest BCUT2D eigenvalue weighted by atomic mass is 16.6. The van der Waals surface area contributed by atoms with E-state index in [1.807, 2.05) is 26.8 Å². The number of ketones is 1. The van der Waals surface area contributed by atoms with Crippen molar-refractivity contribution < 1.29 is 47.3 Å². The molecule has 1 aromatic heterocycles. The summed E-state index contributed by atoms with van der Waals surface area (Å²) in [6.45, 7) is 14.1. The first-order valence-corrected chi connectivity index (χ1v) is 15.6. The van der Waals surface area contributed by atoms with Crippen LogP contribution in [0.1, 0.15) is 86.3 Å². The zero-order chi connectivity index (χ0) is 33.2. The van der Waals surface area contributed by atoms with Crippen LogP contribution in [0.15, 0.2) is 45.8 Å². The Labute approximate surface area is 263 Å². The van der Waals surface area contributed by atoms with E-state index in [1.165, 1.54) is 14.0 Å². The van der Waals surface area contributed by atoms with Crippen molar-refractivity contribution in [2.75, 3.05) is 7.11 Å². The summed E-state index contributed by atoms with van der Waals surface area (Å²) in [4.78, 5) is 67.3. The van der Waals surface area contributed by atoms with Gasteiger partial charge in [0.05, 0.1) is 32.0 Å². The number of fused-ring (bicyclic) bond motifs is 6. The van der Waals surface area contributed by atoms with Gasteiger partial charge >= 0.3 is 23.9 Å². The fourth-order valence-electron chi connectivity index (χ4n) is 9.02. The van der Waals surface area contributed by atoms with Crippen LogP contribution in [0, 0.1) is 39.9 Å². The average molecular weight is 625 g/mol. The van der Waals surface area contributed by atoms with E-state index in [-0.39, 0.29) is 30.0 Å². The Hall–Kier alpha value is -3.69. The third-order valence-corrected chi connectivity index (χ3v) is 11.4. The molecule has 9 unspecified atom stereocenters. The van der Waals surface area contributed by atoms with E-state index in [0.717, 1.165) is 16.7 Å². The topological polar surface area (TPSA) is 135 Å². The lowest BCUT2D eigenvalue weighted by Crippen LogP contribution is -2.69. The van der Waals surface area contributed by atoms with Gasteiger partial charge in [-0.15, -0.1) is 0 Å². The normalized spacial score (nSPS) is 35.4. The van der Waals surface area contributed by atoms with Crippen molar-refractivity contribution in [2.24, 2.45) is 39.9 Å². The summed E-state index contributed by atoms with van der Waals surface area (Å²) < 4.78 is 28.3. The minimum atomic E-state index is -1.44. The highest BCUT2D eigenvalue weighted by Crippen LogP contribution is 2.68. The molecule has 10 nitrogen and oxygen atoms in total. The molecule has 0 radical (unpaired) electrons. The van der Waals surface area contributed by atoms with E-state index in [9.17, 15) is 24.0 Å². The molecule has 5 rings (SSSR count). The van der Waals surface area contributed by atoms with Gasteiger partial charge in [0.1, 0.15) is 18.0 Å². The lowest BCUT2D eigenvalue weighted by molar-refractivity contribution is -0.214. The summed E-state index contributed by atoms with van der Waals surface area (Å²) in [7, 11) is 1.21. The van der Waals surface area contributed by atoms with Gasteiger partial charge in [-0.1, -0.05) is 44.9 Å². The molecule has 10 heteroatoms. The fraction of sp³-hybridized carbons (Fsp3) is 0.629. The van der Waals surface area contributed by atoms with Crippen molar-refractivity contribution in [3.05, 3.63) is 47.0 Å². The summed E-state index contributed by atoms with van der Waals surface area (Å²) in [6, 6.07) is 1.80.